The van der Waals surface area contributed by atoms with Crippen molar-refractivity contribution in [3.8, 4) is 0 Å². The molecule has 3 amide bonds. The van der Waals surface area contributed by atoms with E-state index in [0.29, 0.717) is 39.2 Å². The van der Waals surface area contributed by atoms with Crippen LogP contribution in [0.5, 0.6) is 0 Å². The number of cyclic esters (lactones) is 1. The van der Waals surface area contributed by atoms with E-state index < -0.39 is 24.7 Å². The fourth-order valence-electron chi connectivity index (χ4n) is 3.13. The summed E-state index contributed by atoms with van der Waals surface area (Å²) in [7, 11) is 0. The van der Waals surface area contributed by atoms with Gasteiger partial charge in [0, 0.05) is 11.8 Å². The van der Waals surface area contributed by atoms with E-state index in [9.17, 15) is 14.4 Å². The number of aliphatic hydroxyl groups is 2. The minimum Gasteiger partial charge on any atom is -0.489 e. The van der Waals surface area contributed by atoms with Crippen molar-refractivity contribution in [2.24, 2.45) is 0 Å². The van der Waals surface area contributed by atoms with E-state index in [-0.39, 0.29) is 32.2 Å². The Bertz CT molecular complexity index is 914. The number of aliphatic hydroxyl groups excluding tert-OH is 2. The van der Waals surface area contributed by atoms with E-state index in [0.717, 1.165) is 11.3 Å². The van der Waals surface area contributed by atoms with E-state index in [2.05, 4.69) is 10.6 Å². The van der Waals surface area contributed by atoms with E-state index in [1.54, 1.807) is 18.2 Å². The van der Waals surface area contributed by atoms with Crippen LogP contribution in [0.2, 0.25) is 4.34 Å². The lowest BCUT2D eigenvalue weighted by Crippen LogP contribution is -2.35. The van der Waals surface area contributed by atoms with Crippen molar-refractivity contribution < 1.29 is 34.1 Å². The van der Waals surface area contributed by atoms with Crippen LogP contribution in [-0.2, 0) is 14.3 Å². The molecule has 1 aromatic rings. The second kappa shape index (κ2) is 10.6. The summed E-state index contributed by atoms with van der Waals surface area (Å²) in [6.45, 7) is -0.538. The Morgan fingerprint density at radius 2 is 2.13 bits per heavy atom. The third-order valence-electron chi connectivity index (χ3n) is 4.50. The number of halogens is 1. The standard InChI is InChI=1S/C19H22ClN3O7S/c20-16-4-3-15(31-16)18(27)21-8-12-9-23(19(28)30-12)13-2-1-11(22-17(26)10-25)7-14(13)29-6-5-24/h3-4,7,12,24-25H,1-2,5-6,8-10H2,(H,21,27)(H,22,26). The summed E-state index contributed by atoms with van der Waals surface area (Å²) in [5, 5.41) is 23.3. The van der Waals surface area contributed by atoms with Gasteiger partial charge in [0.25, 0.3) is 5.91 Å². The molecule has 4 N–H and O–H groups in total. The molecule has 168 valence electrons. The first-order valence-corrected chi connectivity index (χ1v) is 10.7. The molecular formula is C19H22ClN3O7S. The van der Waals surface area contributed by atoms with Crippen LogP contribution in [0.3, 0.4) is 0 Å². The highest BCUT2D eigenvalue weighted by Crippen LogP contribution is 2.30. The van der Waals surface area contributed by atoms with Gasteiger partial charge in [-0.1, -0.05) is 11.6 Å². The van der Waals surface area contributed by atoms with Crippen molar-refractivity contribution in [1.29, 1.82) is 0 Å². The Kier molecular flexibility index (Phi) is 7.91. The first-order chi connectivity index (χ1) is 14.9. The normalized spacial score (nSPS) is 18.5. The molecule has 31 heavy (non-hydrogen) atoms. The molecule has 1 aromatic heterocycles. The monoisotopic (exact) mass is 471 g/mol. The highest BCUT2D eigenvalue weighted by atomic mass is 35.5. The second-order valence-corrected chi connectivity index (χ2v) is 8.40. The highest BCUT2D eigenvalue weighted by Gasteiger charge is 2.36. The van der Waals surface area contributed by atoms with Crippen LogP contribution < -0.4 is 10.6 Å². The van der Waals surface area contributed by atoms with Crippen molar-refractivity contribution >= 4 is 40.8 Å². The molecule has 12 heteroatoms. The maximum Gasteiger partial charge on any atom is 0.414 e. The number of rotatable bonds is 9. The van der Waals surface area contributed by atoms with Crippen LogP contribution in [0.25, 0.3) is 0 Å². The van der Waals surface area contributed by atoms with Crippen LogP contribution in [0.1, 0.15) is 22.5 Å². The average molecular weight is 472 g/mol. The Labute approximate surface area is 187 Å². The lowest BCUT2D eigenvalue weighted by Gasteiger charge is -2.25. The Balaban J connectivity index is 1.67. The number of thiophene rings is 1. The summed E-state index contributed by atoms with van der Waals surface area (Å²) in [6.07, 6.45) is 1.22. The zero-order chi connectivity index (χ0) is 22.4. The van der Waals surface area contributed by atoms with Crippen molar-refractivity contribution in [2.45, 2.75) is 18.9 Å². The number of nitrogens with zero attached hydrogens (tertiary/aromatic N) is 1. The van der Waals surface area contributed by atoms with Crippen LogP contribution in [0.4, 0.5) is 4.79 Å². The van der Waals surface area contributed by atoms with Gasteiger partial charge in [-0.05, 0) is 25.0 Å². The molecular weight excluding hydrogens is 450 g/mol. The predicted octanol–water partition coefficient (Wildman–Crippen LogP) is 0.959. The molecule has 0 aromatic carbocycles. The summed E-state index contributed by atoms with van der Waals surface area (Å²) in [5.74, 6) is -0.537. The molecule has 3 rings (SSSR count). The molecule has 1 unspecified atom stereocenters. The van der Waals surface area contributed by atoms with Crippen molar-refractivity contribution in [1.82, 2.24) is 15.5 Å². The number of hydrogen-bond donors (Lipinski definition) is 4. The fourth-order valence-corrected chi connectivity index (χ4v) is 4.09. The number of nitrogens with one attached hydrogen (secondary N) is 2. The van der Waals surface area contributed by atoms with E-state index in [1.807, 2.05) is 0 Å². The van der Waals surface area contributed by atoms with E-state index >= 15 is 0 Å². The molecule has 0 saturated carbocycles. The second-order valence-electron chi connectivity index (χ2n) is 6.69. The van der Waals surface area contributed by atoms with Gasteiger partial charge in [-0.25, -0.2) is 4.79 Å². The molecule has 0 bridgehead atoms. The summed E-state index contributed by atoms with van der Waals surface area (Å²) >= 11 is 7.00. The molecule has 1 atom stereocenters. The Morgan fingerprint density at radius 1 is 1.32 bits per heavy atom. The molecule has 10 nitrogen and oxygen atoms in total. The minimum absolute atomic E-state index is 0.00229. The number of carbonyl (C=O) groups is 3. The zero-order valence-electron chi connectivity index (χ0n) is 16.4. The first-order valence-electron chi connectivity index (χ1n) is 9.51. The number of carbonyl (C=O) groups excluding carboxylic acids is 3. The van der Waals surface area contributed by atoms with Gasteiger partial charge in [0.2, 0.25) is 5.91 Å². The maximum absolute atomic E-state index is 12.4. The molecule has 2 heterocycles. The maximum atomic E-state index is 12.4. The van der Waals surface area contributed by atoms with Gasteiger partial charge in [0.1, 0.15) is 25.1 Å². The van der Waals surface area contributed by atoms with Crippen LogP contribution in [0, 0.1) is 0 Å². The largest absolute Gasteiger partial charge is 0.489 e. The van der Waals surface area contributed by atoms with Gasteiger partial charge in [0.15, 0.2) is 0 Å². The molecule has 1 saturated heterocycles. The van der Waals surface area contributed by atoms with Gasteiger partial charge in [-0.2, -0.15) is 0 Å². The lowest BCUT2D eigenvalue weighted by molar-refractivity contribution is -0.123. The first kappa shape index (κ1) is 23.1. The Morgan fingerprint density at radius 3 is 2.81 bits per heavy atom. The van der Waals surface area contributed by atoms with Gasteiger partial charge in [0.05, 0.1) is 34.6 Å². The van der Waals surface area contributed by atoms with Crippen molar-refractivity contribution in [2.75, 3.05) is 32.9 Å². The third-order valence-corrected chi connectivity index (χ3v) is 5.73. The smallest absolute Gasteiger partial charge is 0.414 e. The number of allylic oxidation sites excluding steroid dienone is 3. The molecule has 0 radical (unpaired) electrons. The number of amides is 3. The number of hydrogen-bond acceptors (Lipinski definition) is 8. The zero-order valence-corrected chi connectivity index (χ0v) is 18.0. The van der Waals surface area contributed by atoms with E-state index in [4.69, 9.17) is 31.3 Å². The summed E-state index contributed by atoms with van der Waals surface area (Å²) < 4.78 is 11.4. The molecule has 1 aliphatic heterocycles. The lowest BCUT2D eigenvalue weighted by atomic mass is 10.0. The van der Waals surface area contributed by atoms with Crippen LogP contribution in [0.15, 0.2) is 35.4 Å². The summed E-state index contributed by atoms with van der Waals surface area (Å²) in [4.78, 5) is 37.9. The van der Waals surface area contributed by atoms with E-state index in [1.165, 1.54) is 4.90 Å². The van der Waals surface area contributed by atoms with Crippen LogP contribution in [-0.4, -0.2) is 72.0 Å². The average Bonchev–Trinajstić information content (AvgIpc) is 3.36. The minimum atomic E-state index is -0.649. The molecule has 1 fully saturated rings. The van der Waals surface area contributed by atoms with Gasteiger partial charge < -0.3 is 30.3 Å². The third kappa shape index (κ3) is 5.97. The predicted molar refractivity (Wildman–Crippen MR) is 111 cm³/mol. The van der Waals surface area contributed by atoms with Crippen molar-refractivity contribution in [3.63, 3.8) is 0 Å². The highest BCUT2D eigenvalue weighted by molar-refractivity contribution is 7.17. The molecule has 2 aliphatic rings. The van der Waals surface area contributed by atoms with Gasteiger partial charge in [-0.15, -0.1) is 11.3 Å². The topological polar surface area (TPSA) is 137 Å². The van der Waals surface area contributed by atoms with Gasteiger partial charge in [-0.3, -0.25) is 14.5 Å². The summed E-state index contributed by atoms with van der Waals surface area (Å²) in [5.41, 5.74) is 1.08. The van der Waals surface area contributed by atoms with Crippen LogP contribution >= 0.6 is 22.9 Å². The SMILES string of the molecule is O=C(CO)NC1=CC(OCCO)=C(N2CC(CNC(=O)c3ccc(Cl)s3)OC2=O)CC1. The summed E-state index contributed by atoms with van der Waals surface area (Å²) in [6, 6.07) is 3.25. The van der Waals surface area contributed by atoms with Crippen molar-refractivity contribution in [3.05, 3.63) is 44.6 Å². The molecule has 0 spiro atoms. The fraction of sp³-hybridized carbons (Fsp3) is 0.421. The quantitative estimate of drug-likeness (QED) is 0.421. The molecule has 1 aliphatic carbocycles. The number of ether oxygens (including phenoxy) is 2. The van der Waals surface area contributed by atoms with Gasteiger partial charge >= 0.3 is 6.09 Å². The Hall–Kier alpha value is -2.60.